The molecule has 0 radical (unpaired) electrons. The molecule has 2 aromatic heterocycles. The summed E-state index contributed by atoms with van der Waals surface area (Å²) in [5.74, 6) is -0.0357. The van der Waals surface area contributed by atoms with Crippen LogP contribution >= 0.6 is 39.5 Å². The Hall–Kier alpha value is -2.29. The highest BCUT2D eigenvalue weighted by Gasteiger charge is 2.40. The Morgan fingerprint density at radius 3 is 2.66 bits per heavy atom. The van der Waals surface area contributed by atoms with Crippen molar-refractivity contribution in [3.63, 3.8) is 0 Å². The average molecular weight is 487 g/mol. The number of carbonyl (C=O) groups is 1. The lowest BCUT2D eigenvalue weighted by molar-refractivity contribution is -0.116. The molecule has 1 amide bonds. The van der Waals surface area contributed by atoms with Gasteiger partial charge in [-0.25, -0.2) is 0 Å². The number of nitrogens with one attached hydrogen (secondary N) is 2. The summed E-state index contributed by atoms with van der Waals surface area (Å²) in [5.41, 5.74) is 1.73. The van der Waals surface area contributed by atoms with Crippen molar-refractivity contribution in [1.29, 1.82) is 0 Å². The number of hydrogen-bond donors (Lipinski definition) is 2. The molecule has 2 N–H and O–H groups in total. The van der Waals surface area contributed by atoms with Gasteiger partial charge >= 0.3 is 0 Å². The summed E-state index contributed by atoms with van der Waals surface area (Å²) in [4.78, 5) is 20.2. The number of hydrogen-bond acceptors (Lipinski definition) is 4. The first-order chi connectivity index (χ1) is 14.1. The fraction of sp³-hybridized carbons (Fsp3) is 0.190. The number of aromatic nitrogens is 1. The maximum absolute atomic E-state index is 12.5. The molecular formula is C21H19BrN4OS2. The largest absolute Gasteiger partial charge is 0.352 e. The van der Waals surface area contributed by atoms with Gasteiger partial charge in [0.25, 0.3) is 0 Å². The molecule has 0 aliphatic carbocycles. The molecule has 0 unspecified atom stereocenters. The zero-order chi connectivity index (χ0) is 20.2. The van der Waals surface area contributed by atoms with Crippen molar-refractivity contribution in [2.45, 2.75) is 18.5 Å². The van der Waals surface area contributed by atoms with Crippen molar-refractivity contribution in [1.82, 2.24) is 15.2 Å². The Kier molecular flexibility index (Phi) is 6.22. The van der Waals surface area contributed by atoms with Gasteiger partial charge in [0.15, 0.2) is 5.11 Å². The van der Waals surface area contributed by atoms with Gasteiger partial charge < -0.3 is 15.5 Å². The number of para-hydroxylation sites is 1. The highest BCUT2D eigenvalue weighted by Crippen LogP contribution is 2.42. The molecule has 148 valence electrons. The van der Waals surface area contributed by atoms with Crippen LogP contribution in [0.5, 0.6) is 0 Å². The number of thiophene rings is 1. The minimum Gasteiger partial charge on any atom is -0.352 e. The first-order valence-corrected chi connectivity index (χ1v) is 11.2. The molecule has 5 nitrogen and oxygen atoms in total. The van der Waals surface area contributed by atoms with E-state index in [4.69, 9.17) is 12.2 Å². The van der Waals surface area contributed by atoms with Gasteiger partial charge in [0.1, 0.15) is 0 Å². The number of thiocarbonyl (C=S) groups is 1. The second-order valence-electron chi connectivity index (χ2n) is 6.63. The number of carbonyl (C=O) groups excluding carboxylic acids is 1. The number of anilines is 1. The molecule has 29 heavy (non-hydrogen) atoms. The number of benzene rings is 1. The molecule has 1 aromatic carbocycles. The van der Waals surface area contributed by atoms with Crippen LogP contribution in [0.25, 0.3) is 0 Å². The van der Waals surface area contributed by atoms with E-state index in [1.54, 1.807) is 17.5 Å². The van der Waals surface area contributed by atoms with Gasteiger partial charge in [-0.1, -0.05) is 24.3 Å². The Balaban J connectivity index is 1.52. The van der Waals surface area contributed by atoms with Crippen LogP contribution in [-0.4, -0.2) is 27.4 Å². The summed E-state index contributed by atoms with van der Waals surface area (Å²) >= 11 is 10.9. The van der Waals surface area contributed by atoms with E-state index in [1.807, 2.05) is 54.6 Å². The summed E-state index contributed by atoms with van der Waals surface area (Å²) < 4.78 is 1.06. The van der Waals surface area contributed by atoms with Crippen molar-refractivity contribution >= 4 is 56.2 Å². The number of rotatable bonds is 6. The summed E-state index contributed by atoms with van der Waals surface area (Å²) in [6.45, 7) is 0.522. The maximum atomic E-state index is 12.5. The fourth-order valence-electron chi connectivity index (χ4n) is 3.41. The number of halogens is 1. The van der Waals surface area contributed by atoms with Crippen LogP contribution in [0.1, 0.15) is 29.1 Å². The molecule has 4 rings (SSSR count). The monoisotopic (exact) mass is 486 g/mol. The van der Waals surface area contributed by atoms with Gasteiger partial charge in [0.05, 0.1) is 21.6 Å². The van der Waals surface area contributed by atoms with E-state index >= 15 is 0 Å². The lowest BCUT2D eigenvalue weighted by Gasteiger charge is -2.26. The van der Waals surface area contributed by atoms with Crippen LogP contribution in [0.15, 0.2) is 70.6 Å². The molecule has 1 saturated heterocycles. The first kappa shape index (κ1) is 20.0. The number of pyridine rings is 1. The van der Waals surface area contributed by atoms with Crippen LogP contribution in [-0.2, 0) is 4.79 Å². The van der Waals surface area contributed by atoms with E-state index in [1.165, 1.54) is 4.88 Å². The Morgan fingerprint density at radius 2 is 1.97 bits per heavy atom. The molecule has 3 heterocycles. The van der Waals surface area contributed by atoms with Crippen LogP contribution in [0.2, 0.25) is 0 Å². The summed E-state index contributed by atoms with van der Waals surface area (Å²) in [6.07, 6.45) is 2.13. The molecule has 0 bridgehead atoms. The Labute approximate surface area is 187 Å². The van der Waals surface area contributed by atoms with Crippen molar-refractivity contribution < 1.29 is 4.79 Å². The summed E-state index contributed by atoms with van der Waals surface area (Å²) in [5, 5.41) is 6.98. The quantitative estimate of drug-likeness (QED) is 0.484. The number of nitrogens with zero attached hydrogens (tertiary/aromatic N) is 2. The van der Waals surface area contributed by atoms with Crippen LogP contribution in [0.4, 0.5) is 5.69 Å². The third kappa shape index (κ3) is 4.66. The van der Waals surface area contributed by atoms with Crippen molar-refractivity contribution in [2.24, 2.45) is 0 Å². The minimum atomic E-state index is -0.0635. The molecule has 1 fully saturated rings. The predicted molar refractivity (Wildman–Crippen MR) is 124 cm³/mol. The molecule has 1 aliphatic heterocycles. The molecule has 8 heteroatoms. The average Bonchev–Trinajstić information content (AvgIpc) is 3.30. The van der Waals surface area contributed by atoms with E-state index in [0.29, 0.717) is 18.1 Å². The maximum Gasteiger partial charge on any atom is 0.226 e. The van der Waals surface area contributed by atoms with E-state index in [9.17, 15) is 4.79 Å². The molecule has 1 aliphatic rings. The molecule has 3 aromatic rings. The predicted octanol–water partition coefficient (Wildman–Crippen LogP) is 4.91. The highest BCUT2D eigenvalue weighted by atomic mass is 79.9. The van der Waals surface area contributed by atoms with E-state index in [2.05, 4.69) is 42.5 Å². The fourth-order valence-corrected chi connectivity index (χ4v) is 5.32. The van der Waals surface area contributed by atoms with Crippen molar-refractivity contribution in [3.8, 4) is 0 Å². The zero-order valence-corrected chi connectivity index (χ0v) is 18.6. The topological polar surface area (TPSA) is 57.3 Å². The van der Waals surface area contributed by atoms with Gasteiger partial charge in [0, 0.05) is 29.7 Å². The normalized spacial score (nSPS) is 18.5. The van der Waals surface area contributed by atoms with Crippen LogP contribution in [0, 0.1) is 0 Å². The second-order valence-corrected chi connectivity index (χ2v) is 9.51. The standard InChI is InChI=1S/C21H19BrN4OS2/c22-17-10-9-16(29-17)20-19(15-8-4-5-12-23-15)25-21(28)26(20)13-11-18(27)24-14-6-2-1-3-7-14/h1-10,12,19-20H,11,13H2,(H,24,27)(H,25,28)/t19-,20-/m1/s1. The molecular weight excluding hydrogens is 468 g/mol. The van der Waals surface area contributed by atoms with Crippen LogP contribution < -0.4 is 10.6 Å². The zero-order valence-electron chi connectivity index (χ0n) is 15.4. The lowest BCUT2D eigenvalue weighted by Crippen LogP contribution is -2.32. The smallest absolute Gasteiger partial charge is 0.226 e. The molecule has 2 atom stereocenters. The van der Waals surface area contributed by atoms with Gasteiger partial charge in [-0.15, -0.1) is 11.3 Å². The molecule has 0 saturated carbocycles. The lowest BCUT2D eigenvalue weighted by atomic mass is 10.0. The van der Waals surface area contributed by atoms with Crippen molar-refractivity contribution in [2.75, 3.05) is 11.9 Å². The van der Waals surface area contributed by atoms with E-state index in [-0.39, 0.29) is 18.0 Å². The van der Waals surface area contributed by atoms with Crippen molar-refractivity contribution in [3.05, 3.63) is 81.2 Å². The van der Waals surface area contributed by atoms with Gasteiger partial charge in [0.2, 0.25) is 5.91 Å². The third-order valence-electron chi connectivity index (χ3n) is 4.72. The number of amides is 1. The summed E-state index contributed by atoms with van der Waals surface area (Å²) in [6, 6.07) is 19.4. The minimum absolute atomic E-state index is 0.0155. The van der Waals surface area contributed by atoms with E-state index < -0.39 is 0 Å². The second kappa shape index (κ2) is 9.02. The SMILES string of the molecule is O=C(CCN1C(=S)N[C@H](c2ccccn2)[C@H]1c1ccc(Br)s1)Nc1ccccc1. The third-order valence-corrected chi connectivity index (χ3v) is 6.77. The van der Waals surface area contributed by atoms with Gasteiger partial charge in [-0.2, -0.15) is 0 Å². The molecule has 0 spiro atoms. The van der Waals surface area contributed by atoms with Gasteiger partial charge in [-0.05, 0) is 64.5 Å². The van der Waals surface area contributed by atoms with E-state index in [0.717, 1.165) is 15.2 Å². The Bertz CT molecular complexity index is 996. The first-order valence-electron chi connectivity index (χ1n) is 9.20. The van der Waals surface area contributed by atoms with Crippen LogP contribution in [0.3, 0.4) is 0 Å². The van der Waals surface area contributed by atoms with Gasteiger partial charge in [-0.3, -0.25) is 9.78 Å². The summed E-state index contributed by atoms with van der Waals surface area (Å²) in [7, 11) is 0. The Morgan fingerprint density at radius 1 is 1.17 bits per heavy atom. The highest BCUT2D eigenvalue weighted by molar-refractivity contribution is 9.11.